The zero-order valence-corrected chi connectivity index (χ0v) is 14.7. The van der Waals surface area contributed by atoms with Gasteiger partial charge in [0.25, 0.3) is 0 Å². The second-order valence-electron chi connectivity index (χ2n) is 6.14. The lowest BCUT2D eigenvalue weighted by Gasteiger charge is -2.37. The van der Waals surface area contributed by atoms with Gasteiger partial charge in [-0.2, -0.15) is 0 Å². The smallest absolute Gasteiger partial charge is 0.242 e. The number of amides is 1. The van der Waals surface area contributed by atoms with E-state index in [1.807, 2.05) is 23.1 Å². The molecule has 0 aliphatic carbocycles. The highest BCUT2D eigenvalue weighted by Gasteiger charge is 2.28. The SMILES string of the molecule is COc1ccc(Cl)cc1CN1CCN(C(=O)[C@@H]2COCCN2)CC1. The van der Waals surface area contributed by atoms with Crippen LogP contribution in [0.4, 0.5) is 0 Å². The Labute approximate surface area is 147 Å². The number of ether oxygens (including phenoxy) is 2. The highest BCUT2D eigenvalue weighted by molar-refractivity contribution is 6.30. The molecule has 0 spiro atoms. The number of hydrogen-bond acceptors (Lipinski definition) is 5. The molecule has 0 radical (unpaired) electrons. The Balaban J connectivity index is 1.53. The number of morpholine rings is 1. The topological polar surface area (TPSA) is 54.0 Å². The van der Waals surface area contributed by atoms with Gasteiger partial charge in [0.15, 0.2) is 0 Å². The average molecular weight is 354 g/mol. The van der Waals surface area contributed by atoms with Crippen LogP contribution in [0.5, 0.6) is 5.75 Å². The minimum Gasteiger partial charge on any atom is -0.496 e. The molecule has 2 saturated heterocycles. The lowest BCUT2D eigenvalue weighted by molar-refractivity contribution is -0.138. The third-order valence-electron chi connectivity index (χ3n) is 4.54. The molecule has 0 unspecified atom stereocenters. The molecule has 2 fully saturated rings. The van der Waals surface area contributed by atoms with E-state index in [9.17, 15) is 4.79 Å². The molecule has 3 rings (SSSR count). The van der Waals surface area contributed by atoms with Gasteiger partial charge in [-0.25, -0.2) is 0 Å². The summed E-state index contributed by atoms with van der Waals surface area (Å²) in [7, 11) is 1.67. The summed E-state index contributed by atoms with van der Waals surface area (Å²) in [6, 6.07) is 5.48. The highest BCUT2D eigenvalue weighted by atomic mass is 35.5. The second-order valence-corrected chi connectivity index (χ2v) is 6.58. The van der Waals surface area contributed by atoms with Crippen LogP contribution in [0, 0.1) is 0 Å². The second kappa shape index (κ2) is 8.16. The molecule has 0 aromatic heterocycles. The average Bonchev–Trinajstić information content (AvgIpc) is 2.63. The van der Waals surface area contributed by atoms with Crippen molar-refractivity contribution >= 4 is 17.5 Å². The van der Waals surface area contributed by atoms with Crippen molar-refractivity contribution in [2.75, 3.05) is 53.0 Å². The van der Waals surface area contributed by atoms with Crippen LogP contribution in [-0.4, -0.2) is 74.8 Å². The predicted molar refractivity (Wildman–Crippen MR) is 92.5 cm³/mol. The summed E-state index contributed by atoms with van der Waals surface area (Å²) in [5.74, 6) is 0.996. The van der Waals surface area contributed by atoms with Gasteiger partial charge in [0, 0.05) is 49.9 Å². The van der Waals surface area contributed by atoms with Crippen molar-refractivity contribution < 1.29 is 14.3 Å². The van der Waals surface area contributed by atoms with E-state index in [1.54, 1.807) is 7.11 Å². The third-order valence-corrected chi connectivity index (χ3v) is 4.78. The van der Waals surface area contributed by atoms with E-state index in [-0.39, 0.29) is 11.9 Å². The van der Waals surface area contributed by atoms with Crippen molar-refractivity contribution in [2.24, 2.45) is 0 Å². The highest BCUT2D eigenvalue weighted by Crippen LogP contribution is 2.24. The molecular weight excluding hydrogens is 330 g/mol. The molecule has 1 amide bonds. The van der Waals surface area contributed by atoms with Crippen LogP contribution in [0.15, 0.2) is 18.2 Å². The molecule has 6 nitrogen and oxygen atoms in total. The molecule has 1 atom stereocenters. The minimum absolute atomic E-state index is 0.148. The van der Waals surface area contributed by atoms with Crippen LogP contribution in [0.3, 0.4) is 0 Å². The summed E-state index contributed by atoms with van der Waals surface area (Å²) in [5.41, 5.74) is 1.08. The molecule has 2 aliphatic rings. The molecule has 1 aromatic carbocycles. The van der Waals surface area contributed by atoms with Gasteiger partial charge in [0.1, 0.15) is 11.8 Å². The van der Waals surface area contributed by atoms with E-state index >= 15 is 0 Å². The Morgan fingerprint density at radius 2 is 2.17 bits per heavy atom. The van der Waals surface area contributed by atoms with Crippen molar-refractivity contribution in [2.45, 2.75) is 12.6 Å². The van der Waals surface area contributed by atoms with Gasteiger partial charge in [-0.1, -0.05) is 11.6 Å². The lowest BCUT2D eigenvalue weighted by Crippen LogP contribution is -2.57. The van der Waals surface area contributed by atoms with Crippen LogP contribution in [0.25, 0.3) is 0 Å². The van der Waals surface area contributed by atoms with Crippen molar-refractivity contribution in [3.8, 4) is 5.75 Å². The largest absolute Gasteiger partial charge is 0.496 e. The minimum atomic E-state index is -0.196. The first-order valence-electron chi connectivity index (χ1n) is 8.32. The molecule has 1 aromatic rings. The first-order chi connectivity index (χ1) is 11.7. The lowest BCUT2D eigenvalue weighted by atomic mass is 10.1. The van der Waals surface area contributed by atoms with Crippen molar-refractivity contribution in [1.82, 2.24) is 15.1 Å². The molecule has 1 N–H and O–H groups in total. The number of methoxy groups -OCH3 is 1. The monoisotopic (exact) mass is 353 g/mol. The Bertz CT molecular complexity index is 570. The summed E-state index contributed by atoms with van der Waals surface area (Å²) in [6.07, 6.45) is 0. The number of nitrogens with one attached hydrogen (secondary N) is 1. The first kappa shape index (κ1) is 17.5. The fourth-order valence-corrected chi connectivity index (χ4v) is 3.38. The fraction of sp³-hybridized carbons (Fsp3) is 0.588. The Morgan fingerprint density at radius 3 is 2.83 bits per heavy atom. The van der Waals surface area contributed by atoms with E-state index in [4.69, 9.17) is 21.1 Å². The van der Waals surface area contributed by atoms with E-state index < -0.39 is 0 Å². The fourth-order valence-electron chi connectivity index (χ4n) is 3.18. The summed E-state index contributed by atoms with van der Waals surface area (Å²) in [6.45, 7) is 5.82. The summed E-state index contributed by atoms with van der Waals surface area (Å²) in [4.78, 5) is 16.7. The summed E-state index contributed by atoms with van der Waals surface area (Å²) < 4.78 is 10.8. The summed E-state index contributed by atoms with van der Waals surface area (Å²) >= 11 is 6.10. The number of benzene rings is 1. The first-order valence-corrected chi connectivity index (χ1v) is 8.70. The third kappa shape index (κ3) is 4.19. The Kier molecular flexibility index (Phi) is 5.94. The van der Waals surface area contributed by atoms with Crippen LogP contribution < -0.4 is 10.1 Å². The molecule has 7 heteroatoms. The van der Waals surface area contributed by atoms with Crippen LogP contribution >= 0.6 is 11.6 Å². The van der Waals surface area contributed by atoms with E-state index in [1.165, 1.54) is 0 Å². The maximum Gasteiger partial charge on any atom is 0.242 e. The molecule has 0 saturated carbocycles. The van der Waals surface area contributed by atoms with Crippen molar-refractivity contribution in [3.63, 3.8) is 0 Å². The number of rotatable bonds is 4. The quantitative estimate of drug-likeness (QED) is 0.874. The van der Waals surface area contributed by atoms with Gasteiger partial charge in [0.05, 0.1) is 20.3 Å². The molecule has 2 aliphatic heterocycles. The van der Waals surface area contributed by atoms with Crippen molar-refractivity contribution in [3.05, 3.63) is 28.8 Å². The van der Waals surface area contributed by atoms with E-state index in [0.29, 0.717) is 18.2 Å². The maximum absolute atomic E-state index is 12.5. The molecular formula is C17H24ClN3O3. The van der Waals surface area contributed by atoms with E-state index in [2.05, 4.69) is 10.2 Å². The number of halogens is 1. The van der Waals surface area contributed by atoms with Gasteiger partial charge >= 0.3 is 0 Å². The van der Waals surface area contributed by atoms with Gasteiger partial charge in [0.2, 0.25) is 5.91 Å². The van der Waals surface area contributed by atoms with Crippen LogP contribution in [0.2, 0.25) is 5.02 Å². The Hall–Kier alpha value is -1.34. The molecule has 2 heterocycles. The van der Waals surface area contributed by atoms with Crippen LogP contribution in [-0.2, 0) is 16.1 Å². The molecule has 0 bridgehead atoms. The normalized spacial score (nSPS) is 22.4. The maximum atomic E-state index is 12.5. The number of nitrogens with zero attached hydrogens (tertiary/aromatic N) is 2. The van der Waals surface area contributed by atoms with Gasteiger partial charge < -0.3 is 19.7 Å². The number of piperazine rings is 1. The Morgan fingerprint density at radius 1 is 1.38 bits per heavy atom. The van der Waals surface area contributed by atoms with Crippen LogP contribution in [0.1, 0.15) is 5.56 Å². The summed E-state index contributed by atoms with van der Waals surface area (Å²) in [5, 5.41) is 3.94. The van der Waals surface area contributed by atoms with Gasteiger partial charge in [-0.3, -0.25) is 9.69 Å². The molecule has 132 valence electrons. The van der Waals surface area contributed by atoms with Gasteiger partial charge in [-0.05, 0) is 18.2 Å². The molecule has 24 heavy (non-hydrogen) atoms. The standard InChI is InChI=1S/C17H24ClN3O3/c1-23-16-3-2-14(18)10-13(16)11-20-5-7-21(8-6-20)17(22)15-12-24-9-4-19-15/h2-3,10,15,19H,4-9,11-12H2,1H3/t15-/m0/s1. The zero-order valence-electron chi connectivity index (χ0n) is 14.0. The number of hydrogen-bond donors (Lipinski definition) is 1. The van der Waals surface area contributed by atoms with Crippen molar-refractivity contribution in [1.29, 1.82) is 0 Å². The number of carbonyl (C=O) groups excluding carboxylic acids is 1. The number of carbonyl (C=O) groups is 1. The van der Waals surface area contributed by atoms with Gasteiger partial charge in [-0.15, -0.1) is 0 Å². The zero-order chi connectivity index (χ0) is 16.9. The van der Waals surface area contributed by atoms with E-state index in [0.717, 1.165) is 50.6 Å². The predicted octanol–water partition coefficient (Wildman–Crippen LogP) is 0.981.